The zero-order valence-electron chi connectivity index (χ0n) is 8.10. The third-order valence-corrected chi connectivity index (χ3v) is 6.30. The number of carboxylic acid groups (broad SMARTS) is 1. The second kappa shape index (κ2) is 3.64. The van der Waals surface area contributed by atoms with Gasteiger partial charge in [0.15, 0.2) is 9.84 Å². The maximum Gasteiger partial charge on any atom is 0.321 e. The highest BCUT2D eigenvalue weighted by atomic mass is 32.2. The number of rotatable bonds is 1. The van der Waals surface area contributed by atoms with Crippen LogP contribution in [0.3, 0.4) is 0 Å². The van der Waals surface area contributed by atoms with Crippen LogP contribution in [-0.4, -0.2) is 47.7 Å². The van der Waals surface area contributed by atoms with Crippen LogP contribution in [-0.2, 0) is 14.6 Å². The summed E-state index contributed by atoms with van der Waals surface area (Å²) in [5, 5.41) is 11.8. The van der Waals surface area contributed by atoms with Crippen LogP contribution in [0.25, 0.3) is 0 Å². The van der Waals surface area contributed by atoms with Gasteiger partial charge in [-0.25, -0.2) is 8.42 Å². The Labute approximate surface area is 92.5 Å². The number of carbonyl (C=O) groups is 1. The summed E-state index contributed by atoms with van der Waals surface area (Å²) in [6, 6.07) is -0.608. The van der Waals surface area contributed by atoms with Gasteiger partial charge in [0.2, 0.25) is 0 Å². The second-order valence-corrected chi connectivity index (χ2v) is 7.62. The van der Waals surface area contributed by atoms with Crippen molar-refractivity contribution in [3.05, 3.63) is 0 Å². The molecule has 1 spiro atoms. The molecule has 0 aliphatic carbocycles. The molecule has 2 rings (SSSR count). The third-order valence-electron chi connectivity index (χ3n) is 2.75. The van der Waals surface area contributed by atoms with Crippen LogP contribution in [0.2, 0.25) is 0 Å². The van der Waals surface area contributed by atoms with Crippen molar-refractivity contribution in [2.75, 3.05) is 17.3 Å². The van der Waals surface area contributed by atoms with Crippen molar-refractivity contribution in [3.8, 4) is 0 Å². The molecule has 0 aromatic rings. The number of hydrogen-bond acceptors (Lipinski definition) is 5. The van der Waals surface area contributed by atoms with Crippen LogP contribution in [0.15, 0.2) is 0 Å². The molecule has 2 saturated heterocycles. The molecule has 2 aliphatic heterocycles. The van der Waals surface area contributed by atoms with Crippen LogP contribution < -0.4 is 5.32 Å². The summed E-state index contributed by atoms with van der Waals surface area (Å²) >= 11 is 1.43. The van der Waals surface area contributed by atoms with E-state index in [1.807, 2.05) is 0 Å². The minimum absolute atomic E-state index is 0.0639. The van der Waals surface area contributed by atoms with E-state index in [1.165, 1.54) is 11.8 Å². The number of thioether (sulfide) groups is 1. The lowest BCUT2D eigenvalue weighted by Crippen LogP contribution is -2.51. The van der Waals surface area contributed by atoms with E-state index in [-0.39, 0.29) is 11.5 Å². The van der Waals surface area contributed by atoms with E-state index >= 15 is 0 Å². The highest BCUT2D eigenvalue weighted by molar-refractivity contribution is 8.02. The first-order valence-corrected chi connectivity index (χ1v) is 7.58. The molecular weight excluding hydrogens is 238 g/mol. The van der Waals surface area contributed by atoms with Gasteiger partial charge in [0.25, 0.3) is 0 Å². The SMILES string of the molecule is O=C(O)[C@H]1CSC2(CCCS(=O)(=O)C2)N1. The van der Waals surface area contributed by atoms with Gasteiger partial charge >= 0.3 is 5.97 Å². The first-order valence-electron chi connectivity index (χ1n) is 4.77. The monoisotopic (exact) mass is 251 g/mol. The van der Waals surface area contributed by atoms with E-state index in [2.05, 4.69) is 5.32 Å². The van der Waals surface area contributed by atoms with Crippen LogP contribution in [0.4, 0.5) is 0 Å². The summed E-state index contributed by atoms with van der Waals surface area (Å²) in [5.41, 5.74) is 0. The van der Waals surface area contributed by atoms with Gasteiger partial charge in [-0.05, 0) is 12.8 Å². The zero-order chi connectivity index (χ0) is 11.1. The molecule has 0 aromatic heterocycles. The van der Waals surface area contributed by atoms with Crippen molar-refractivity contribution in [2.45, 2.75) is 23.8 Å². The lowest BCUT2D eigenvalue weighted by atomic mass is 10.1. The molecular formula is C8H13NO4S2. The average molecular weight is 251 g/mol. The minimum Gasteiger partial charge on any atom is -0.480 e. The van der Waals surface area contributed by atoms with Crippen molar-refractivity contribution < 1.29 is 18.3 Å². The normalized spacial score (nSPS) is 39.3. The number of nitrogens with one attached hydrogen (secondary N) is 1. The number of aliphatic carboxylic acids is 1. The molecule has 0 radical (unpaired) electrons. The fourth-order valence-corrected chi connectivity index (χ4v) is 5.85. The Bertz CT molecular complexity index is 380. The van der Waals surface area contributed by atoms with E-state index in [0.29, 0.717) is 12.2 Å². The van der Waals surface area contributed by atoms with Gasteiger partial charge in [0.1, 0.15) is 6.04 Å². The van der Waals surface area contributed by atoms with Gasteiger partial charge < -0.3 is 5.11 Å². The lowest BCUT2D eigenvalue weighted by Gasteiger charge is -2.32. The zero-order valence-corrected chi connectivity index (χ0v) is 9.73. The molecule has 86 valence electrons. The van der Waals surface area contributed by atoms with Crippen LogP contribution in [0.5, 0.6) is 0 Å². The third kappa shape index (κ3) is 2.29. The van der Waals surface area contributed by atoms with Crippen molar-refractivity contribution >= 4 is 27.6 Å². The van der Waals surface area contributed by atoms with E-state index in [4.69, 9.17) is 5.11 Å². The number of hydrogen-bond donors (Lipinski definition) is 2. The number of carboxylic acids is 1. The molecule has 2 aliphatic rings. The van der Waals surface area contributed by atoms with Crippen LogP contribution in [0, 0.1) is 0 Å². The molecule has 2 heterocycles. The minimum atomic E-state index is -3.00. The molecule has 2 fully saturated rings. The molecule has 2 atom stereocenters. The van der Waals surface area contributed by atoms with Crippen molar-refractivity contribution in [3.63, 3.8) is 0 Å². The van der Waals surface area contributed by atoms with E-state index in [1.54, 1.807) is 0 Å². The van der Waals surface area contributed by atoms with Crippen molar-refractivity contribution in [2.24, 2.45) is 0 Å². The Hall–Kier alpha value is -0.270. The largest absolute Gasteiger partial charge is 0.480 e. The van der Waals surface area contributed by atoms with E-state index in [9.17, 15) is 13.2 Å². The smallest absolute Gasteiger partial charge is 0.321 e. The fourth-order valence-electron chi connectivity index (χ4n) is 2.08. The molecule has 5 nitrogen and oxygen atoms in total. The predicted molar refractivity (Wildman–Crippen MR) is 57.6 cm³/mol. The molecule has 0 bridgehead atoms. The van der Waals surface area contributed by atoms with Crippen LogP contribution in [0.1, 0.15) is 12.8 Å². The predicted octanol–water partition coefficient (Wildman–Crippen LogP) is -0.319. The number of sulfone groups is 1. The van der Waals surface area contributed by atoms with Gasteiger partial charge in [-0.1, -0.05) is 0 Å². The first-order chi connectivity index (χ1) is 6.93. The van der Waals surface area contributed by atoms with Gasteiger partial charge in [-0.3, -0.25) is 10.1 Å². The Balaban J connectivity index is 2.13. The summed E-state index contributed by atoms with van der Waals surface area (Å²) in [6.07, 6.45) is 1.36. The second-order valence-electron chi connectivity index (χ2n) is 4.04. The Morgan fingerprint density at radius 3 is 2.80 bits per heavy atom. The Morgan fingerprint density at radius 1 is 1.53 bits per heavy atom. The maximum atomic E-state index is 11.5. The summed E-state index contributed by atoms with van der Waals surface area (Å²) in [7, 11) is -3.00. The average Bonchev–Trinajstić information content (AvgIpc) is 2.46. The van der Waals surface area contributed by atoms with E-state index in [0.717, 1.165) is 6.42 Å². The van der Waals surface area contributed by atoms with E-state index < -0.39 is 26.7 Å². The van der Waals surface area contributed by atoms with Crippen molar-refractivity contribution in [1.82, 2.24) is 5.32 Å². The molecule has 7 heteroatoms. The molecule has 1 unspecified atom stereocenters. The quantitative estimate of drug-likeness (QED) is 0.664. The van der Waals surface area contributed by atoms with Gasteiger partial charge in [-0.15, -0.1) is 11.8 Å². The first kappa shape index (κ1) is 11.2. The lowest BCUT2D eigenvalue weighted by molar-refractivity contribution is -0.138. The maximum absolute atomic E-state index is 11.5. The molecule has 0 saturated carbocycles. The van der Waals surface area contributed by atoms with Crippen LogP contribution >= 0.6 is 11.8 Å². The summed E-state index contributed by atoms with van der Waals surface area (Å²) < 4.78 is 23.0. The Morgan fingerprint density at radius 2 is 2.27 bits per heavy atom. The fraction of sp³-hybridized carbons (Fsp3) is 0.875. The molecule has 0 amide bonds. The molecule has 15 heavy (non-hydrogen) atoms. The van der Waals surface area contributed by atoms with Gasteiger partial charge in [-0.2, -0.15) is 0 Å². The van der Waals surface area contributed by atoms with Crippen molar-refractivity contribution in [1.29, 1.82) is 0 Å². The Kier molecular flexibility index (Phi) is 2.72. The van der Waals surface area contributed by atoms with Gasteiger partial charge in [0, 0.05) is 5.75 Å². The summed E-state index contributed by atoms with van der Waals surface area (Å²) in [4.78, 5) is 10.2. The van der Waals surface area contributed by atoms with Gasteiger partial charge in [0.05, 0.1) is 16.4 Å². The molecule has 0 aromatic carbocycles. The topological polar surface area (TPSA) is 83.5 Å². The summed E-state index contributed by atoms with van der Waals surface area (Å²) in [6.45, 7) is 0. The highest BCUT2D eigenvalue weighted by Gasteiger charge is 2.46. The summed E-state index contributed by atoms with van der Waals surface area (Å²) in [5.74, 6) is -0.157. The molecule has 2 N–H and O–H groups in total. The highest BCUT2D eigenvalue weighted by Crippen LogP contribution is 2.38. The standard InChI is InChI=1S/C8H13NO4S2/c10-7(11)6-4-14-8(9-6)2-1-3-15(12,13)5-8/h6,9H,1-5H2,(H,10,11)/t6-,8?/m1/s1.